The van der Waals surface area contributed by atoms with Crippen molar-refractivity contribution in [1.82, 2.24) is 14.8 Å². The smallest absolute Gasteiger partial charge is 0.276 e. The van der Waals surface area contributed by atoms with Crippen molar-refractivity contribution in [3.63, 3.8) is 0 Å². The minimum Gasteiger partial charge on any atom is -0.503 e. The molecule has 32 heavy (non-hydrogen) atoms. The maximum atomic E-state index is 13.8. The molecular weight excluding hydrogens is 431 g/mol. The lowest BCUT2D eigenvalue weighted by molar-refractivity contribution is -0.0306. The lowest BCUT2D eigenvalue weighted by Crippen LogP contribution is -2.53. The number of carbonyl (C=O) groups is 2. The van der Waals surface area contributed by atoms with Gasteiger partial charge >= 0.3 is 0 Å². The van der Waals surface area contributed by atoms with Gasteiger partial charge < -0.3 is 25.0 Å². The maximum Gasteiger partial charge on any atom is 0.276 e. The van der Waals surface area contributed by atoms with Gasteiger partial charge in [0.05, 0.1) is 6.54 Å². The van der Waals surface area contributed by atoms with E-state index in [0.29, 0.717) is 25.0 Å². The predicted octanol–water partition coefficient (Wildman–Crippen LogP) is 1.62. The van der Waals surface area contributed by atoms with Crippen molar-refractivity contribution >= 4 is 11.8 Å². The average molecular weight is 451 g/mol. The Bertz CT molecular complexity index is 1140. The van der Waals surface area contributed by atoms with Crippen LogP contribution in [0.3, 0.4) is 0 Å². The molecule has 0 unspecified atom stereocenters. The molecule has 1 aliphatic heterocycles. The van der Waals surface area contributed by atoms with Gasteiger partial charge in [0.25, 0.3) is 11.8 Å². The number of carbonyl (C=O) groups excluding carboxylic acids is 2. The molecule has 8 nitrogen and oxygen atoms in total. The van der Waals surface area contributed by atoms with Gasteiger partial charge in [-0.25, -0.2) is 13.2 Å². The number of nitrogens with zero attached hydrogens (tertiary/aromatic N) is 2. The first-order valence-corrected chi connectivity index (χ1v) is 10.1. The van der Waals surface area contributed by atoms with E-state index >= 15 is 0 Å². The molecule has 1 saturated carbocycles. The number of hydrogen-bond donors (Lipinski definition) is 3. The molecule has 2 heterocycles. The Morgan fingerprint density at radius 3 is 2.38 bits per heavy atom. The summed E-state index contributed by atoms with van der Waals surface area (Å²) in [5, 5.41) is 23.0. The number of aromatic nitrogens is 1. The molecule has 1 aromatic heterocycles. The number of rotatable bonds is 4. The summed E-state index contributed by atoms with van der Waals surface area (Å²) in [6.45, 7) is -0.858. The molecule has 1 aromatic carbocycles. The van der Waals surface area contributed by atoms with Gasteiger partial charge in [-0.05, 0) is 12.8 Å². The van der Waals surface area contributed by atoms with Gasteiger partial charge in [-0.15, -0.1) is 0 Å². The Morgan fingerprint density at radius 2 is 1.75 bits per heavy atom. The Morgan fingerprint density at radius 1 is 1.12 bits per heavy atom. The van der Waals surface area contributed by atoms with Crippen LogP contribution in [0.2, 0.25) is 0 Å². The second-order valence-corrected chi connectivity index (χ2v) is 7.88. The van der Waals surface area contributed by atoms with Gasteiger partial charge in [0, 0.05) is 36.5 Å². The Labute approximate surface area is 179 Å². The minimum absolute atomic E-state index is 0.174. The van der Waals surface area contributed by atoms with Crippen molar-refractivity contribution in [2.75, 3.05) is 0 Å². The van der Waals surface area contributed by atoms with E-state index in [1.54, 1.807) is 0 Å². The number of aliphatic hydroxyl groups is 1. The molecule has 11 heteroatoms. The fraction of sp³-hybridized carbons (Fsp3) is 0.381. The Balaban J connectivity index is 1.61. The molecule has 2 amide bonds. The van der Waals surface area contributed by atoms with E-state index in [4.69, 9.17) is 0 Å². The summed E-state index contributed by atoms with van der Waals surface area (Å²) in [6, 6.07) is 0.699. The lowest BCUT2D eigenvalue weighted by Gasteiger charge is -2.38. The normalized spacial score (nSPS) is 18.7. The first-order chi connectivity index (χ1) is 15.2. The Hall–Kier alpha value is -3.34. The second-order valence-electron chi connectivity index (χ2n) is 7.88. The first kappa shape index (κ1) is 21.9. The summed E-state index contributed by atoms with van der Waals surface area (Å²) in [7, 11) is 0. The van der Waals surface area contributed by atoms with Crippen LogP contribution in [0.25, 0.3) is 0 Å². The topological polar surface area (TPSA) is 112 Å². The third-order valence-electron chi connectivity index (χ3n) is 5.87. The third kappa shape index (κ3) is 3.72. The largest absolute Gasteiger partial charge is 0.503 e. The number of pyridine rings is 1. The van der Waals surface area contributed by atoms with E-state index in [2.05, 4.69) is 5.32 Å². The zero-order chi connectivity index (χ0) is 23.2. The van der Waals surface area contributed by atoms with Crippen LogP contribution < -0.4 is 10.7 Å². The zero-order valence-corrected chi connectivity index (χ0v) is 16.8. The van der Waals surface area contributed by atoms with E-state index in [1.807, 2.05) is 0 Å². The number of aromatic hydroxyl groups is 1. The zero-order valence-electron chi connectivity index (χ0n) is 16.8. The van der Waals surface area contributed by atoms with E-state index in [0.717, 1.165) is 23.6 Å². The number of nitrogens with one attached hydrogen (secondary N) is 1. The van der Waals surface area contributed by atoms with E-state index < -0.39 is 64.3 Å². The van der Waals surface area contributed by atoms with Crippen LogP contribution in [0.4, 0.5) is 13.2 Å². The number of aliphatic hydroxyl groups excluding tert-OH is 1. The van der Waals surface area contributed by atoms with Gasteiger partial charge in [-0.3, -0.25) is 14.4 Å². The minimum atomic E-state index is -1.21. The van der Waals surface area contributed by atoms with Crippen LogP contribution in [0.15, 0.2) is 23.1 Å². The van der Waals surface area contributed by atoms with E-state index in [-0.39, 0.29) is 18.3 Å². The van der Waals surface area contributed by atoms with Gasteiger partial charge in [0.2, 0.25) is 5.43 Å². The molecule has 170 valence electrons. The molecule has 1 fully saturated rings. The summed E-state index contributed by atoms with van der Waals surface area (Å²) in [5.74, 6) is -6.28. The molecule has 2 aliphatic rings. The van der Waals surface area contributed by atoms with Crippen LogP contribution >= 0.6 is 0 Å². The molecule has 1 aliphatic carbocycles. The molecule has 2 aromatic rings. The van der Waals surface area contributed by atoms with Crippen molar-refractivity contribution in [3.05, 3.63) is 62.8 Å². The molecule has 3 N–H and O–H groups in total. The predicted molar refractivity (Wildman–Crippen MR) is 104 cm³/mol. The lowest BCUT2D eigenvalue weighted by atomic mass is 10.1. The summed E-state index contributed by atoms with van der Waals surface area (Å²) in [6.07, 6.45) is 2.99. The summed E-state index contributed by atoms with van der Waals surface area (Å²) < 4.78 is 41.7. The summed E-state index contributed by atoms with van der Waals surface area (Å²) >= 11 is 0. The molecule has 0 radical (unpaired) electrons. The second kappa shape index (κ2) is 8.30. The first-order valence-electron chi connectivity index (χ1n) is 10.1. The van der Waals surface area contributed by atoms with E-state index in [9.17, 15) is 37.8 Å². The fourth-order valence-corrected chi connectivity index (χ4v) is 4.30. The average Bonchev–Trinajstić information content (AvgIpc) is 3.23. The van der Waals surface area contributed by atoms with Crippen molar-refractivity contribution in [2.24, 2.45) is 0 Å². The van der Waals surface area contributed by atoms with Gasteiger partial charge in [-0.2, -0.15) is 0 Å². The molecule has 4 rings (SSSR count). The van der Waals surface area contributed by atoms with Crippen LogP contribution in [-0.4, -0.2) is 43.8 Å². The standard InChI is InChI=1S/C21H20F3N3O5/c22-10-5-14(23)12(15(24)6-10)7-25-20(31)13-8-26-9-16(28)27(11-3-1-2-4-11)21(32)17(26)19(30)18(13)29/h5-6,8,11,16,28,30H,1-4,7,9H2,(H,25,31)/t16-/m1/s1. The van der Waals surface area contributed by atoms with Crippen molar-refractivity contribution in [2.45, 2.75) is 51.0 Å². The molecule has 0 saturated heterocycles. The number of fused-ring (bicyclic) bond motifs is 1. The maximum absolute atomic E-state index is 13.8. The highest BCUT2D eigenvalue weighted by molar-refractivity contribution is 5.99. The monoisotopic (exact) mass is 451 g/mol. The fourth-order valence-electron chi connectivity index (χ4n) is 4.30. The number of hydrogen-bond acceptors (Lipinski definition) is 5. The number of halogens is 3. The quantitative estimate of drug-likeness (QED) is 0.654. The van der Waals surface area contributed by atoms with Crippen LogP contribution in [0.1, 0.15) is 52.1 Å². The van der Waals surface area contributed by atoms with Gasteiger partial charge in [-0.1, -0.05) is 12.8 Å². The summed E-state index contributed by atoms with van der Waals surface area (Å²) in [4.78, 5) is 39.2. The van der Waals surface area contributed by atoms with Crippen LogP contribution in [0, 0.1) is 17.5 Å². The van der Waals surface area contributed by atoms with Gasteiger partial charge in [0.1, 0.15) is 29.2 Å². The molecule has 0 spiro atoms. The molecular formula is C21H20F3N3O5. The SMILES string of the molecule is O=C(NCc1c(F)cc(F)cc1F)c1cn2c(c(O)c1=O)C(=O)N(C1CCCC1)[C@H](O)C2. The highest BCUT2D eigenvalue weighted by Crippen LogP contribution is 2.31. The molecule has 1 atom stereocenters. The number of amides is 2. The van der Waals surface area contributed by atoms with Crippen molar-refractivity contribution in [3.8, 4) is 5.75 Å². The highest BCUT2D eigenvalue weighted by Gasteiger charge is 2.39. The Kier molecular flexibility index (Phi) is 5.68. The van der Waals surface area contributed by atoms with Crippen LogP contribution in [0.5, 0.6) is 5.75 Å². The van der Waals surface area contributed by atoms with E-state index in [1.165, 1.54) is 4.90 Å². The van der Waals surface area contributed by atoms with Crippen molar-refractivity contribution < 1.29 is 33.0 Å². The molecule has 0 bridgehead atoms. The summed E-state index contributed by atoms with van der Waals surface area (Å²) in [5.41, 5.74) is -2.66. The highest BCUT2D eigenvalue weighted by atomic mass is 19.1. The van der Waals surface area contributed by atoms with Gasteiger partial charge in [0.15, 0.2) is 11.4 Å². The third-order valence-corrected chi connectivity index (χ3v) is 5.87. The van der Waals surface area contributed by atoms with Crippen LogP contribution in [-0.2, 0) is 13.1 Å². The van der Waals surface area contributed by atoms with Crippen molar-refractivity contribution in [1.29, 1.82) is 0 Å². The number of benzene rings is 1.